The molecule has 0 aromatic carbocycles. The first-order chi connectivity index (χ1) is 8.60. The van der Waals surface area contributed by atoms with Gasteiger partial charge in [-0.25, -0.2) is 0 Å². The zero-order chi connectivity index (χ0) is 13.5. The number of methoxy groups -OCH3 is 1. The summed E-state index contributed by atoms with van der Waals surface area (Å²) in [5.74, 6) is 0. The molecule has 106 valence electrons. The molecule has 5 N–H and O–H groups in total. The molecule has 0 saturated carbocycles. The van der Waals surface area contributed by atoms with Crippen molar-refractivity contribution in [2.75, 3.05) is 13.7 Å². The van der Waals surface area contributed by atoms with Gasteiger partial charge >= 0.3 is 0 Å². The zero-order valence-corrected chi connectivity index (χ0v) is 10.3. The van der Waals surface area contributed by atoms with E-state index in [1.54, 1.807) is 0 Å². The molecule has 0 bridgehead atoms. The van der Waals surface area contributed by atoms with Gasteiger partial charge in [0, 0.05) is 13.3 Å². The Bertz CT molecular complexity index is 262. The highest BCUT2D eigenvalue weighted by atomic mass is 16.7. The molecular formula is C11H21NO6. The minimum absolute atomic E-state index is 0.191. The van der Waals surface area contributed by atoms with Crippen molar-refractivity contribution in [2.45, 2.75) is 43.5 Å². The van der Waals surface area contributed by atoms with Crippen molar-refractivity contribution in [3.8, 4) is 0 Å². The van der Waals surface area contributed by atoms with Crippen LogP contribution in [0.25, 0.3) is 0 Å². The lowest BCUT2D eigenvalue weighted by atomic mass is 10.0. The number of nitrogens with two attached hydrogens (primary N) is 1. The van der Waals surface area contributed by atoms with Crippen LogP contribution in [0.5, 0.6) is 0 Å². The predicted octanol–water partition coefficient (Wildman–Crippen LogP) is -1.33. The molecule has 0 amide bonds. The standard InChI is InChI=1S/C11H21NO6/c1-16-7-2-3-8(13)9(14)10(15)11(18-6-7)17-5-4-12/h4-5,7-11,13-15H,2-3,6,12H2,1H3/b5-4+/t7?,8-,9+,10+,11+/m1/s1. The van der Waals surface area contributed by atoms with Gasteiger partial charge in [0.25, 0.3) is 0 Å². The van der Waals surface area contributed by atoms with Crippen molar-refractivity contribution in [3.05, 3.63) is 12.5 Å². The quantitative estimate of drug-likeness (QED) is 0.466. The van der Waals surface area contributed by atoms with E-state index in [-0.39, 0.29) is 12.7 Å². The molecule has 1 aliphatic heterocycles. The van der Waals surface area contributed by atoms with Crippen molar-refractivity contribution in [3.63, 3.8) is 0 Å². The molecule has 1 saturated heterocycles. The van der Waals surface area contributed by atoms with E-state index >= 15 is 0 Å². The monoisotopic (exact) mass is 263 g/mol. The van der Waals surface area contributed by atoms with Gasteiger partial charge in [0.15, 0.2) is 0 Å². The molecule has 5 atom stereocenters. The van der Waals surface area contributed by atoms with Crippen LogP contribution in [0.2, 0.25) is 0 Å². The average molecular weight is 263 g/mol. The summed E-state index contributed by atoms with van der Waals surface area (Å²) in [5, 5.41) is 29.3. The van der Waals surface area contributed by atoms with E-state index in [4.69, 9.17) is 19.9 Å². The van der Waals surface area contributed by atoms with E-state index in [1.165, 1.54) is 7.11 Å². The van der Waals surface area contributed by atoms with Gasteiger partial charge < -0.3 is 35.3 Å². The molecule has 7 heteroatoms. The summed E-state index contributed by atoms with van der Waals surface area (Å²) in [7, 11) is 1.53. The van der Waals surface area contributed by atoms with Crippen LogP contribution in [0.15, 0.2) is 12.5 Å². The Labute approximate surface area is 106 Å². The van der Waals surface area contributed by atoms with E-state index in [0.717, 1.165) is 12.5 Å². The molecule has 1 fully saturated rings. The first kappa shape index (κ1) is 15.2. The summed E-state index contributed by atoms with van der Waals surface area (Å²) >= 11 is 0. The largest absolute Gasteiger partial charge is 0.468 e. The third-order valence-electron chi connectivity index (χ3n) is 2.88. The van der Waals surface area contributed by atoms with Crippen LogP contribution in [0.3, 0.4) is 0 Å². The normalized spacial score (nSPS) is 39.0. The first-order valence-electron chi connectivity index (χ1n) is 5.81. The Morgan fingerprint density at radius 3 is 2.56 bits per heavy atom. The molecule has 7 nitrogen and oxygen atoms in total. The summed E-state index contributed by atoms with van der Waals surface area (Å²) in [6, 6.07) is 0. The van der Waals surface area contributed by atoms with Gasteiger partial charge in [0.05, 0.1) is 18.8 Å². The highest BCUT2D eigenvalue weighted by Gasteiger charge is 2.35. The number of hydrogen-bond acceptors (Lipinski definition) is 7. The summed E-state index contributed by atoms with van der Waals surface area (Å²) in [6.45, 7) is 0.191. The third kappa shape index (κ3) is 4.11. The van der Waals surface area contributed by atoms with Crippen LogP contribution < -0.4 is 5.73 Å². The van der Waals surface area contributed by atoms with Crippen molar-refractivity contribution in [1.29, 1.82) is 0 Å². The molecule has 0 aromatic heterocycles. The number of hydrogen-bond donors (Lipinski definition) is 4. The van der Waals surface area contributed by atoms with Crippen molar-refractivity contribution < 1.29 is 29.5 Å². The van der Waals surface area contributed by atoms with Gasteiger partial charge in [0.1, 0.15) is 18.5 Å². The van der Waals surface area contributed by atoms with Crippen LogP contribution in [0.1, 0.15) is 12.8 Å². The Balaban J connectivity index is 2.73. The SMILES string of the molecule is COC1CC[C@@H](O)[C@H](O)[C@H](O)[C@@H](O/C=C/N)OC1. The Morgan fingerprint density at radius 2 is 1.94 bits per heavy atom. The number of rotatable bonds is 3. The minimum atomic E-state index is -1.37. The third-order valence-corrected chi connectivity index (χ3v) is 2.88. The molecule has 1 aliphatic rings. The Kier molecular flexibility index (Phi) is 6.37. The van der Waals surface area contributed by atoms with Crippen molar-refractivity contribution in [2.24, 2.45) is 5.73 Å². The first-order valence-corrected chi connectivity index (χ1v) is 5.81. The molecule has 1 heterocycles. The number of aliphatic hydroxyl groups is 3. The second-order valence-corrected chi connectivity index (χ2v) is 4.15. The fourth-order valence-corrected chi connectivity index (χ4v) is 1.73. The van der Waals surface area contributed by atoms with E-state index in [2.05, 4.69) is 0 Å². The van der Waals surface area contributed by atoms with Crippen LogP contribution in [-0.2, 0) is 14.2 Å². The van der Waals surface area contributed by atoms with Gasteiger partial charge in [-0.2, -0.15) is 0 Å². The molecule has 1 rings (SSSR count). The average Bonchev–Trinajstić information content (AvgIpc) is 2.43. The lowest BCUT2D eigenvalue weighted by Crippen LogP contribution is -2.45. The lowest BCUT2D eigenvalue weighted by Gasteiger charge is -2.27. The van der Waals surface area contributed by atoms with E-state index in [0.29, 0.717) is 12.8 Å². The zero-order valence-electron chi connectivity index (χ0n) is 10.3. The Hall–Kier alpha value is -0.860. The van der Waals surface area contributed by atoms with Crippen LogP contribution in [0, 0.1) is 0 Å². The van der Waals surface area contributed by atoms with Crippen LogP contribution >= 0.6 is 0 Å². The molecular weight excluding hydrogens is 242 g/mol. The topological polar surface area (TPSA) is 114 Å². The van der Waals surface area contributed by atoms with Gasteiger partial charge in [0.2, 0.25) is 6.29 Å². The van der Waals surface area contributed by atoms with E-state index in [1.807, 2.05) is 0 Å². The summed E-state index contributed by atoms with van der Waals surface area (Å²) in [4.78, 5) is 0. The van der Waals surface area contributed by atoms with Gasteiger partial charge in [-0.1, -0.05) is 0 Å². The molecule has 0 radical (unpaired) electrons. The van der Waals surface area contributed by atoms with Crippen molar-refractivity contribution >= 4 is 0 Å². The molecule has 18 heavy (non-hydrogen) atoms. The maximum Gasteiger partial charge on any atom is 0.228 e. The summed E-state index contributed by atoms with van der Waals surface area (Å²) in [6.07, 6.45) is -2.02. The molecule has 1 unspecified atom stereocenters. The minimum Gasteiger partial charge on any atom is -0.468 e. The van der Waals surface area contributed by atoms with Crippen molar-refractivity contribution in [1.82, 2.24) is 0 Å². The van der Waals surface area contributed by atoms with E-state index < -0.39 is 24.6 Å². The highest BCUT2D eigenvalue weighted by Crippen LogP contribution is 2.18. The van der Waals surface area contributed by atoms with Gasteiger partial charge in [-0.05, 0) is 12.8 Å². The number of ether oxygens (including phenoxy) is 3. The Morgan fingerprint density at radius 1 is 1.22 bits per heavy atom. The highest BCUT2D eigenvalue weighted by molar-refractivity contribution is 4.82. The number of aliphatic hydroxyl groups excluding tert-OH is 3. The fourth-order valence-electron chi connectivity index (χ4n) is 1.73. The maximum absolute atomic E-state index is 9.85. The molecule has 0 aromatic rings. The predicted molar refractivity (Wildman–Crippen MR) is 62.2 cm³/mol. The molecule has 0 spiro atoms. The smallest absolute Gasteiger partial charge is 0.228 e. The maximum atomic E-state index is 9.85. The van der Waals surface area contributed by atoms with Crippen LogP contribution in [-0.4, -0.2) is 59.7 Å². The van der Waals surface area contributed by atoms with Crippen LogP contribution in [0.4, 0.5) is 0 Å². The van der Waals surface area contributed by atoms with E-state index in [9.17, 15) is 15.3 Å². The lowest BCUT2D eigenvalue weighted by molar-refractivity contribution is -0.208. The fraction of sp³-hybridized carbons (Fsp3) is 0.818. The van der Waals surface area contributed by atoms with Gasteiger partial charge in [-0.15, -0.1) is 0 Å². The molecule has 0 aliphatic carbocycles. The second kappa shape index (κ2) is 7.55. The second-order valence-electron chi connectivity index (χ2n) is 4.15. The summed E-state index contributed by atoms with van der Waals surface area (Å²) in [5.41, 5.74) is 5.13. The summed E-state index contributed by atoms with van der Waals surface area (Å²) < 4.78 is 15.5. The van der Waals surface area contributed by atoms with Gasteiger partial charge in [-0.3, -0.25) is 0 Å².